The molecule has 2 aromatic heterocycles. The topological polar surface area (TPSA) is 102 Å². The van der Waals surface area contributed by atoms with Crippen LogP contribution in [0, 0.1) is 5.82 Å². The summed E-state index contributed by atoms with van der Waals surface area (Å²) in [6.45, 7) is 1.15. The van der Waals surface area contributed by atoms with Crippen LogP contribution in [0.1, 0.15) is 22.3 Å². The van der Waals surface area contributed by atoms with Crippen LogP contribution < -0.4 is 16.4 Å². The molecule has 4 N–H and O–H groups in total. The molecule has 2 atom stereocenters. The molecule has 4 rings (SSSR count). The second kappa shape index (κ2) is 6.08. The third-order valence-corrected chi connectivity index (χ3v) is 5.03. The number of anilines is 1. The van der Waals surface area contributed by atoms with Crippen molar-refractivity contribution in [1.29, 1.82) is 0 Å². The van der Waals surface area contributed by atoms with Crippen LogP contribution in [0.4, 0.5) is 10.2 Å². The van der Waals surface area contributed by atoms with Gasteiger partial charge in [0.25, 0.3) is 5.91 Å². The lowest BCUT2D eigenvalue weighted by Gasteiger charge is -2.30. The highest BCUT2D eigenvalue weighted by molar-refractivity contribution is 7.09. The lowest BCUT2D eigenvalue weighted by molar-refractivity contribution is 0.0751. The molecule has 0 aromatic carbocycles. The molecule has 126 valence electrons. The fraction of sp³-hybridized carbons (Fsp3) is 0.400. The molecule has 0 bridgehead atoms. The Kier molecular flexibility index (Phi) is 3.91. The van der Waals surface area contributed by atoms with E-state index < -0.39 is 5.82 Å². The van der Waals surface area contributed by atoms with Crippen LogP contribution in [0.5, 0.6) is 0 Å². The molecule has 1 fully saturated rings. The summed E-state index contributed by atoms with van der Waals surface area (Å²) in [6.07, 6.45) is 2.30. The van der Waals surface area contributed by atoms with Crippen molar-refractivity contribution < 1.29 is 13.9 Å². The van der Waals surface area contributed by atoms with Crippen LogP contribution in [0.15, 0.2) is 12.3 Å². The third-order valence-electron chi connectivity index (χ3n) is 4.28. The number of halogens is 1. The van der Waals surface area contributed by atoms with E-state index in [0.29, 0.717) is 36.5 Å². The molecular weight excluding hydrogens is 333 g/mol. The van der Waals surface area contributed by atoms with Gasteiger partial charge in [0.05, 0.1) is 22.7 Å². The highest BCUT2D eigenvalue weighted by atomic mass is 32.1. The Bertz CT molecular complexity index is 783. The molecule has 7 nitrogen and oxygen atoms in total. The third kappa shape index (κ3) is 2.54. The number of fused-ring (bicyclic) bond motifs is 1. The molecule has 4 heterocycles. The molecule has 2 aromatic rings. The van der Waals surface area contributed by atoms with Gasteiger partial charge in [0.1, 0.15) is 0 Å². The van der Waals surface area contributed by atoms with Gasteiger partial charge in [-0.1, -0.05) is 0 Å². The van der Waals surface area contributed by atoms with Crippen molar-refractivity contribution in [3.05, 3.63) is 29.2 Å². The van der Waals surface area contributed by atoms with Crippen molar-refractivity contribution in [1.82, 2.24) is 14.7 Å². The minimum absolute atomic E-state index is 0.121. The van der Waals surface area contributed by atoms with Gasteiger partial charge in [-0.2, -0.15) is 0 Å². The van der Waals surface area contributed by atoms with Crippen LogP contribution in [-0.4, -0.2) is 40.6 Å². The largest absolute Gasteiger partial charge is 0.380 e. The van der Waals surface area contributed by atoms with Gasteiger partial charge in [0, 0.05) is 37.0 Å². The van der Waals surface area contributed by atoms with Gasteiger partial charge in [-0.15, -0.1) is 0 Å². The maximum atomic E-state index is 14.8. The lowest BCUT2D eigenvalue weighted by atomic mass is 10.0. The molecule has 0 radical (unpaired) electrons. The first kappa shape index (κ1) is 15.4. The molecular formula is C15H16FN5O2S. The van der Waals surface area contributed by atoms with Gasteiger partial charge in [-0.25, -0.2) is 13.7 Å². The second-order valence-electron chi connectivity index (χ2n) is 5.81. The SMILES string of the molecule is N[C@H]1COCC[C@H]1Nc1nc(-c2ccns2)c2c(c1F)CNC2=O. The van der Waals surface area contributed by atoms with Crippen molar-refractivity contribution in [3.63, 3.8) is 0 Å². The van der Waals surface area contributed by atoms with E-state index in [2.05, 4.69) is 20.0 Å². The zero-order chi connectivity index (χ0) is 16.7. The van der Waals surface area contributed by atoms with Crippen molar-refractivity contribution in [2.75, 3.05) is 18.5 Å². The van der Waals surface area contributed by atoms with Crippen molar-refractivity contribution in [2.24, 2.45) is 5.73 Å². The molecule has 0 saturated carbocycles. The van der Waals surface area contributed by atoms with Crippen LogP contribution in [-0.2, 0) is 11.3 Å². The first-order valence-electron chi connectivity index (χ1n) is 7.66. The number of amides is 1. The zero-order valence-corrected chi connectivity index (χ0v) is 13.5. The average Bonchev–Trinajstić information content (AvgIpc) is 3.23. The van der Waals surface area contributed by atoms with Gasteiger partial charge in [0.2, 0.25) is 0 Å². The highest BCUT2D eigenvalue weighted by Gasteiger charge is 2.32. The number of aromatic nitrogens is 2. The van der Waals surface area contributed by atoms with E-state index in [0.717, 1.165) is 4.88 Å². The summed E-state index contributed by atoms with van der Waals surface area (Å²) in [5.74, 6) is -0.694. The minimum atomic E-state index is -0.504. The Hall–Kier alpha value is -2.10. The normalized spacial score (nSPS) is 23.0. The average molecular weight is 349 g/mol. The standard InChI is InChI=1S/C15H16FN5O2S/c16-12-7-5-18-15(22)11(7)13(10-1-3-19-24-10)21-14(12)20-9-2-4-23-6-8(9)17/h1,3,8-9H,2,4-6,17H2,(H,18,22)(H,20,21)/t8-,9+/m0/s1. The summed E-state index contributed by atoms with van der Waals surface area (Å²) in [7, 11) is 0. The first-order chi connectivity index (χ1) is 11.6. The number of pyridine rings is 1. The zero-order valence-electron chi connectivity index (χ0n) is 12.7. The summed E-state index contributed by atoms with van der Waals surface area (Å²) in [5.41, 5.74) is 7.11. The Morgan fingerprint density at radius 3 is 3.12 bits per heavy atom. The second-order valence-corrected chi connectivity index (χ2v) is 6.65. The van der Waals surface area contributed by atoms with Crippen molar-refractivity contribution in [2.45, 2.75) is 25.0 Å². The number of nitrogens with one attached hydrogen (secondary N) is 2. The smallest absolute Gasteiger partial charge is 0.254 e. The molecule has 0 unspecified atom stereocenters. The van der Waals surface area contributed by atoms with Crippen LogP contribution in [0.25, 0.3) is 10.6 Å². The summed E-state index contributed by atoms with van der Waals surface area (Å²) in [4.78, 5) is 17.2. The molecule has 2 aliphatic rings. The Morgan fingerprint density at radius 2 is 2.38 bits per heavy atom. The predicted molar refractivity (Wildman–Crippen MR) is 87.3 cm³/mol. The Labute approximate surface area is 141 Å². The number of nitrogens with zero attached hydrogens (tertiary/aromatic N) is 2. The summed E-state index contributed by atoms with van der Waals surface area (Å²) in [6, 6.07) is 1.40. The van der Waals surface area contributed by atoms with Gasteiger partial charge >= 0.3 is 0 Å². The predicted octanol–water partition coefficient (Wildman–Crippen LogP) is 1.12. The van der Waals surface area contributed by atoms with E-state index in [9.17, 15) is 9.18 Å². The van der Waals surface area contributed by atoms with Gasteiger partial charge in [-0.3, -0.25) is 4.79 Å². The van der Waals surface area contributed by atoms with E-state index >= 15 is 0 Å². The quantitative estimate of drug-likeness (QED) is 0.767. The van der Waals surface area contributed by atoms with E-state index in [-0.39, 0.29) is 30.4 Å². The molecule has 1 amide bonds. The highest BCUT2D eigenvalue weighted by Crippen LogP contribution is 2.34. The Balaban J connectivity index is 1.78. The first-order valence-corrected chi connectivity index (χ1v) is 8.44. The number of rotatable bonds is 3. The summed E-state index contributed by atoms with van der Waals surface area (Å²) >= 11 is 1.22. The molecule has 24 heavy (non-hydrogen) atoms. The van der Waals surface area contributed by atoms with Crippen LogP contribution in [0.3, 0.4) is 0 Å². The fourth-order valence-corrected chi connectivity index (χ4v) is 3.60. The maximum Gasteiger partial charge on any atom is 0.254 e. The number of carbonyl (C=O) groups is 1. The molecule has 0 spiro atoms. The molecule has 1 saturated heterocycles. The van der Waals surface area contributed by atoms with Gasteiger partial charge < -0.3 is 21.1 Å². The molecule has 2 aliphatic heterocycles. The minimum Gasteiger partial charge on any atom is -0.380 e. The van der Waals surface area contributed by atoms with Crippen molar-refractivity contribution in [3.8, 4) is 10.6 Å². The van der Waals surface area contributed by atoms with Crippen molar-refractivity contribution >= 4 is 23.3 Å². The van der Waals surface area contributed by atoms with E-state index in [1.165, 1.54) is 11.5 Å². The summed E-state index contributed by atoms with van der Waals surface area (Å²) < 4.78 is 24.2. The van der Waals surface area contributed by atoms with Crippen LogP contribution in [0.2, 0.25) is 0 Å². The van der Waals surface area contributed by atoms with E-state index in [1.54, 1.807) is 12.3 Å². The molecule has 0 aliphatic carbocycles. The van der Waals surface area contributed by atoms with E-state index in [4.69, 9.17) is 10.5 Å². The number of ether oxygens (including phenoxy) is 1. The van der Waals surface area contributed by atoms with Crippen LogP contribution >= 0.6 is 11.5 Å². The number of hydrogen-bond acceptors (Lipinski definition) is 7. The lowest BCUT2D eigenvalue weighted by Crippen LogP contribution is -2.48. The molecule has 9 heteroatoms. The summed E-state index contributed by atoms with van der Waals surface area (Å²) in [5, 5.41) is 5.76. The van der Waals surface area contributed by atoms with Gasteiger partial charge in [0.15, 0.2) is 11.6 Å². The Morgan fingerprint density at radius 1 is 1.50 bits per heavy atom. The number of carbonyl (C=O) groups excluding carboxylic acids is 1. The number of hydrogen-bond donors (Lipinski definition) is 3. The fourth-order valence-electron chi connectivity index (χ4n) is 3.01. The monoisotopic (exact) mass is 349 g/mol. The van der Waals surface area contributed by atoms with Gasteiger partial charge in [-0.05, 0) is 24.0 Å². The van der Waals surface area contributed by atoms with E-state index in [1.807, 2.05) is 0 Å². The maximum absolute atomic E-state index is 14.8. The number of nitrogens with two attached hydrogens (primary N) is 1.